The van der Waals surface area contributed by atoms with Crippen molar-refractivity contribution in [3.63, 3.8) is 0 Å². The summed E-state index contributed by atoms with van der Waals surface area (Å²) in [7, 11) is -1.17. The monoisotopic (exact) mass is 374 g/mol. The highest BCUT2D eigenvalue weighted by Crippen LogP contribution is 2.57. The van der Waals surface area contributed by atoms with E-state index in [-0.39, 0.29) is 0 Å². The molecule has 1 aromatic heterocycles. The zero-order valence-corrected chi connectivity index (χ0v) is 16.1. The Morgan fingerprint density at radius 3 is 2.65 bits per heavy atom. The maximum absolute atomic E-state index is 11.5. The van der Waals surface area contributed by atoms with E-state index in [4.69, 9.17) is 9.26 Å². The molecule has 0 radical (unpaired) electrons. The van der Waals surface area contributed by atoms with Gasteiger partial charge in [0.15, 0.2) is 11.4 Å². The van der Waals surface area contributed by atoms with Gasteiger partial charge in [0, 0.05) is 12.3 Å². The molecular weight excluding hydrogens is 348 g/mol. The average Bonchev–Trinajstić information content (AvgIpc) is 3.55. The largest absolute Gasteiger partial charge is 0.493 e. The smallest absolute Gasteiger partial charge is 0.189 e. The van der Waals surface area contributed by atoms with E-state index in [1.807, 2.05) is 6.07 Å². The minimum Gasteiger partial charge on any atom is -0.493 e. The topological polar surface area (TPSA) is 64.4 Å². The third-order valence-electron chi connectivity index (χ3n) is 6.46. The molecule has 1 unspecified atom stereocenters. The highest BCUT2D eigenvalue weighted by atomic mass is 32.2. The van der Waals surface area contributed by atoms with Crippen molar-refractivity contribution in [1.82, 2.24) is 5.16 Å². The molecule has 1 aromatic carbocycles. The van der Waals surface area contributed by atoms with Gasteiger partial charge in [0.2, 0.25) is 0 Å². The maximum atomic E-state index is 11.5. The first-order chi connectivity index (χ1) is 12.6. The summed E-state index contributed by atoms with van der Waals surface area (Å²) >= 11 is 0. The third kappa shape index (κ3) is 3.24. The van der Waals surface area contributed by atoms with Crippen LogP contribution in [-0.2, 0) is 11.0 Å². The van der Waals surface area contributed by atoms with E-state index in [0.717, 1.165) is 23.2 Å². The number of anilines is 1. The quantitative estimate of drug-likeness (QED) is 0.792. The van der Waals surface area contributed by atoms with Crippen molar-refractivity contribution < 1.29 is 13.5 Å². The van der Waals surface area contributed by atoms with Gasteiger partial charge in [-0.05, 0) is 80.2 Å². The van der Waals surface area contributed by atoms with Gasteiger partial charge in [0.25, 0.3) is 0 Å². The molecule has 1 N–H and O–H groups in total. The highest BCUT2D eigenvalue weighted by molar-refractivity contribution is 7.85. The van der Waals surface area contributed by atoms with Crippen molar-refractivity contribution in [3.8, 4) is 5.75 Å². The molecule has 0 amide bonds. The number of aromatic nitrogens is 1. The normalized spacial score (nSPS) is 23.3. The lowest BCUT2D eigenvalue weighted by molar-refractivity contribution is 0.174. The molecule has 1 spiro atoms. The molecule has 0 saturated heterocycles. The number of fused-ring (bicyclic) bond motifs is 1. The van der Waals surface area contributed by atoms with Gasteiger partial charge in [0.05, 0.1) is 12.0 Å². The van der Waals surface area contributed by atoms with Gasteiger partial charge < -0.3 is 9.26 Å². The zero-order valence-electron chi connectivity index (χ0n) is 15.3. The molecule has 140 valence electrons. The predicted octanol–water partition coefficient (Wildman–Crippen LogP) is 4.76. The van der Waals surface area contributed by atoms with Crippen LogP contribution in [0.25, 0.3) is 11.0 Å². The van der Waals surface area contributed by atoms with Gasteiger partial charge in [-0.15, -0.1) is 0 Å². The van der Waals surface area contributed by atoms with Crippen molar-refractivity contribution in [2.24, 2.45) is 11.3 Å². The number of hydrogen-bond acceptors (Lipinski definition) is 4. The Hall–Kier alpha value is -1.56. The van der Waals surface area contributed by atoms with Crippen LogP contribution in [0.4, 0.5) is 5.82 Å². The summed E-state index contributed by atoms with van der Waals surface area (Å²) in [4.78, 5) is 0. The van der Waals surface area contributed by atoms with Crippen molar-refractivity contribution in [3.05, 3.63) is 17.7 Å². The molecule has 2 aromatic rings. The van der Waals surface area contributed by atoms with Crippen LogP contribution in [0.15, 0.2) is 16.7 Å². The van der Waals surface area contributed by atoms with Crippen LogP contribution in [0.2, 0.25) is 0 Å². The van der Waals surface area contributed by atoms with E-state index in [9.17, 15) is 4.21 Å². The second-order valence-electron chi connectivity index (χ2n) is 8.50. The van der Waals surface area contributed by atoms with Crippen LogP contribution in [0.5, 0.6) is 5.75 Å². The molecule has 6 heteroatoms. The Morgan fingerprint density at radius 1 is 1.23 bits per heavy atom. The number of nitrogens with zero attached hydrogens (tertiary/aromatic N) is 1. The summed E-state index contributed by atoms with van der Waals surface area (Å²) in [6, 6.07) is 4.10. The second-order valence-corrected chi connectivity index (χ2v) is 9.61. The van der Waals surface area contributed by atoms with Crippen LogP contribution in [0.3, 0.4) is 0 Å². The molecule has 0 bridgehead atoms. The summed E-state index contributed by atoms with van der Waals surface area (Å²) < 4.78 is 26.1. The highest BCUT2D eigenvalue weighted by Gasteiger charge is 2.44. The standard InChI is InChI=1S/C20H26N2O3S/c1-26(23)22-19-16-10-15(14-2-3-14)17(11-18(16)25-21-19)24-12-13-4-6-20(7-5-13)8-9-20/h10-11,13-14H,2-9,12H2,1H3,(H,21,22). The van der Waals surface area contributed by atoms with E-state index in [0.29, 0.717) is 23.2 Å². The number of nitrogens with one attached hydrogen (secondary N) is 1. The molecule has 0 aliphatic heterocycles. The van der Waals surface area contributed by atoms with Crippen LogP contribution >= 0.6 is 0 Å². The molecule has 3 saturated carbocycles. The summed E-state index contributed by atoms with van der Waals surface area (Å²) in [5, 5.41) is 4.93. The molecule has 1 atom stereocenters. The molecule has 5 rings (SSSR count). The summed E-state index contributed by atoms with van der Waals surface area (Å²) in [5.74, 6) is 2.76. The lowest BCUT2D eigenvalue weighted by Crippen LogP contribution is -2.20. The Morgan fingerprint density at radius 2 is 2.00 bits per heavy atom. The first-order valence-electron chi connectivity index (χ1n) is 9.78. The first kappa shape index (κ1) is 16.6. The van der Waals surface area contributed by atoms with E-state index in [2.05, 4.69) is 15.9 Å². The molecular formula is C20H26N2O3S. The molecule has 5 nitrogen and oxygen atoms in total. The van der Waals surface area contributed by atoms with Crippen LogP contribution in [0.1, 0.15) is 62.8 Å². The summed E-state index contributed by atoms with van der Waals surface area (Å²) in [6.07, 6.45) is 12.3. The predicted molar refractivity (Wildman–Crippen MR) is 103 cm³/mol. The van der Waals surface area contributed by atoms with Crippen molar-refractivity contribution >= 4 is 27.8 Å². The molecule has 3 aliphatic rings. The van der Waals surface area contributed by atoms with E-state index >= 15 is 0 Å². The zero-order chi connectivity index (χ0) is 17.7. The van der Waals surface area contributed by atoms with Gasteiger partial charge in [-0.25, -0.2) is 4.21 Å². The molecule has 26 heavy (non-hydrogen) atoms. The van der Waals surface area contributed by atoms with Gasteiger partial charge >= 0.3 is 0 Å². The van der Waals surface area contributed by atoms with Crippen molar-refractivity contribution in [2.45, 2.75) is 57.3 Å². The Labute approximate surface area is 156 Å². The number of benzene rings is 1. The number of hydrogen-bond donors (Lipinski definition) is 1. The second kappa shape index (κ2) is 6.25. The summed E-state index contributed by atoms with van der Waals surface area (Å²) in [6.45, 7) is 0.805. The number of ether oxygens (including phenoxy) is 1. The summed E-state index contributed by atoms with van der Waals surface area (Å²) in [5.41, 5.74) is 2.68. The van der Waals surface area contributed by atoms with E-state index in [1.165, 1.54) is 56.9 Å². The van der Waals surface area contributed by atoms with Gasteiger partial charge in [-0.2, -0.15) is 0 Å². The third-order valence-corrected chi connectivity index (χ3v) is 6.94. The molecule has 3 aliphatic carbocycles. The lowest BCUT2D eigenvalue weighted by Gasteiger charge is -2.28. The van der Waals surface area contributed by atoms with Crippen LogP contribution in [0, 0.1) is 11.3 Å². The lowest BCUT2D eigenvalue weighted by atomic mass is 9.80. The Balaban J connectivity index is 1.34. The first-order valence-corrected chi connectivity index (χ1v) is 11.3. The Kier molecular flexibility index (Phi) is 3.99. The molecule has 1 heterocycles. The van der Waals surface area contributed by atoms with Crippen molar-refractivity contribution in [1.29, 1.82) is 0 Å². The minimum absolute atomic E-state index is 0.552. The SMILES string of the molecule is CS(=O)Nc1noc2cc(OCC3CCC4(CC3)CC4)c(C3CC3)cc12. The Bertz CT molecular complexity index is 844. The van der Waals surface area contributed by atoms with Crippen LogP contribution < -0.4 is 9.46 Å². The maximum Gasteiger partial charge on any atom is 0.189 e. The van der Waals surface area contributed by atoms with E-state index < -0.39 is 11.0 Å². The fourth-order valence-corrected chi connectivity index (χ4v) is 4.79. The van der Waals surface area contributed by atoms with Gasteiger partial charge in [0.1, 0.15) is 16.7 Å². The molecule has 3 fully saturated rings. The fourth-order valence-electron chi connectivity index (χ4n) is 4.37. The minimum atomic E-state index is -1.17. The van der Waals surface area contributed by atoms with Crippen LogP contribution in [-0.4, -0.2) is 22.2 Å². The average molecular weight is 375 g/mol. The van der Waals surface area contributed by atoms with E-state index in [1.54, 1.807) is 6.26 Å². The van der Waals surface area contributed by atoms with Gasteiger partial charge in [-0.3, -0.25) is 4.72 Å². The van der Waals surface area contributed by atoms with Gasteiger partial charge in [-0.1, -0.05) is 5.16 Å². The fraction of sp³-hybridized carbons (Fsp3) is 0.650. The van der Waals surface area contributed by atoms with Crippen molar-refractivity contribution in [2.75, 3.05) is 17.6 Å². The number of rotatable bonds is 6.